The minimum atomic E-state index is -0.0724. The maximum atomic E-state index is 11.0. The summed E-state index contributed by atoms with van der Waals surface area (Å²) in [6.45, 7) is 2.30. The normalized spacial score (nSPS) is 20.9. The van der Waals surface area contributed by atoms with E-state index in [4.69, 9.17) is 0 Å². The number of hydrogen-bond donors (Lipinski definition) is 2. The Bertz CT molecular complexity index is 373. The van der Waals surface area contributed by atoms with Crippen LogP contribution in [0, 0.1) is 5.92 Å². The lowest BCUT2D eigenvalue weighted by molar-refractivity contribution is 0.371. The van der Waals surface area contributed by atoms with Crippen LogP contribution in [0.5, 0.6) is 0 Å². The number of thioether (sulfide) groups is 1. The molecule has 2 N–H and O–H groups in total. The molecular weight excluding hydrogens is 222 g/mol. The van der Waals surface area contributed by atoms with E-state index >= 15 is 0 Å². The number of aromatic amines is 1. The van der Waals surface area contributed by atoms with Crippen molar-refractivity contribution in [3.05, 3.63) is 22.6 Å². The molecule has 1 aliphatic rings. The van der Waals surface area contributed by atoms with Crippen molar-refractivity contribution in [2.45, 2.75) is 24.4 Å². The van der Waals surface area contributed by atoms with Gasteiger partial charge in [0.2, 0.25) is 0 Å². The summed E-state index contributed by atoms with van der Waals surface area (Å²) < 4.78 is 0. The molecule has 1 aliphatic heterocycles. The first-order valence-corrected chi connectivity index (χ1v) is 6.72. The second-order valence-electron chi connectivity index (χ2n) is 4.09. The van der Waals surface area contributed by atoms with Gasteiger partial charge in [-0.1, -0.05) is 11.8 Å². The maximum Gasteiger partial charge on any atom is 0.251 e. The van der Waals surface area contributed by atoms with Crippen molar-refractivity contribution in [3.8, 4) is 0 Å². The Labute approximate surface area is 99.3 Å². The van der Waals surface area contributed by atoms with Gasteiger partial charge in [-0.3, -0.25) is 4.79 Å². The first-order chi connectivity index (χ1) is 7.84. The summed E-state index contributed by atoms with van der Waals surface area (Å²) in [4.78, 5) is 17.9. The highest BCUT2D eigenvalue weighted by atomic mass is 32.2. The van der Waals surface area contributed by atoms with Crippen molar-refractivity contribution in [3.63, 3.8) is 0 Å². The standard InChI is InChI=1S/C11H17N3OS/c15-10-3-6-13-11(14-10)16-7-4-9-2-1-5-12-8-9/h3,6,9,12H,1-2,4-5,7-8H2,(H,13,14,15). The number of nitrogens with zero attached hydrogens (tertiary/aromatic N) is 1. The Morgan fingerprint density at radius 2 is 2.50 bits per heavy atom. The fraction of sp³-hybridized carbons (Fsp3) is 0.636. The number of aromatic nitrogens is 2. The third-order valence-electron chi connectivity index (χ3n) is 2.81. The second kappa shape index (κ2) is 6.06. The van der Waals surface area contributed by atoms with Gasteiger partial charge in [0.05, 0.1) is 0 Å². The largest absolute Gasteiger partial charge is 0.316 e. The molecule has 0 saturated carbocycles. The van der Waals surface area contributed by atoms with Crippen LogP contribution in [-0.2, 0) is 0 Å². The average molecular weight is 239 g/mol. The predicted octanol–water partition coefficient (Wildman–Crippen LogP) is 1.25. The molecule has 2 rings (SSSR count). The lowest BCUT2D eigenvalue weighted by atomic mass is 9.97. The van der Waals surface area contributed by atoms with Crippen LogP contribution in [0.25, 0.3) is 0 Å². The molecule has 0 bridgehead atoms. The quantitative estimate of drug-likeness (QED) is 0.613. The highest BCUT2D eigenvalue weighted by Gasteiger charge is 2.12. The SMILES string of the molecule is O=c1ccnc(SCCC2CCCNC2)[nH]1. The summed E-state index contributed by atoms with van der Waals surface area (Å²) >= 11 is 1.63. The van der Waals surface area contributed by atoms with E-state index in [2.05, 4.69) is 15.3 Å². The lowest BCUT2D eigenvalue weighted by Crippen LogP contribution is -2.29. The van der Waals surface area contributed by atoms with Crippen LogP contribution >= 0.6 is 11.8 Å². The van der Waals surface area contributed by atoms with Crippen molar-refractivity contribution < 1.29 is 0 Å². The molecule has 1 aromatic heterocycles. The Kier molecular flexibility index (Phi) is 4.42. The van der Waals surface area contributed by atoms with Crippen LogP contribution < -0.4 is 10.9 Å². The van der Waals surface area contributed by atoms with Crippen molar-refractivity contribution in [1.29, 1.82) is 0 Å². The van der Waals surface area contributed by atoms with Gasteiger partial charge in [-0.05, 0) is 38.3 Å². The molecule has 16 heavy (non-hydrogen) atoms. The van der Waals surface area contributed by atoms with Crippen LogP contribution in [0.1, 0.15) is 19.3 Å². The molecule has 0 aromatic carbocycles. The zero-order valence-corrected chi connectivity index (χ0v) is 10.1. The van der Waals surface area contributed by atoms with Crippen molar-refractivity contribution >= 4 is 11.8 Å². The first kappa shape index (κ1) is 11.7. The predicted molar refractivity (Wildman–Crippen MR) is 65.8 cm³/mol. The zero-order chi connectivity index (χ0) is 11.2. The van der Waals surface area contributed by atoms with Crippen molar-refractivity contribution in [2.24, 2.45) is 5.92 Å². The minimum Gasteiger partial charge on any atom is -0.316 e. The van der Waals surface area contributed by atoms with Gasteiger partial charge in [-0.25, -0.2) is 4.98 Å². The Hall–Kier alpha value is -0.810. The van der Waals surface area contributed by atoms with E-state index in [1.807, 2.05) is 0 Å². The van der Waals surface area contributed by atoms with E-state index in [0.717, 1.165) is 29.9 Å². The number of nitrogens with one attached hydrogen (secondary N) is 2. The van der Waals surface area contributed by atoms with E-state index in [-0.39, 0.29) is 5.56 Å². The highest BCUT2D eigenvalue weighted by molar-refractivity contribution is 7.99. The van der Waals surface area contributed by atoms with Crippen molar-refractivity contribution in [1.82, 2.24) is 15.3 Å². The topological polar surface area (TPSA) is 57.8 Å². The smallest absolute Gasteiger partial charge is 0.251 e. The Balaban J connectivity index is 1.73. The van der Waals surface area contributed by atoms with E-state index in [1.165, 1.54) is 25.3 Å². The van der Waals surface area contributed by atoms with Gasteiger partial charge in [0.25, 0.3) is 5.56 Å². The number of piperidine rings is 1. The molecule has 2 heterocycles. The Morgan fingerprint density at radius 1 is 1.56 bits per heavy atom. The van der Waals surface area contributed by atoms with E-state index in [9.17, 15) is 4.79 Å². The van der Waals surface area contributed by atoms with Gasteiger partial charge in [0.1, 0.15) is 0 Å². The molecule has 0 aliphatic carbocycles. The van der Waals surface area contributed by atoms with E-state index < -0.39 is 0 Å². The third-order valence-corrected chi connectivity index (χ3v) is 3.73. The van der Waals surface area contributed by atoms with E-state index in [1.54, 1.807) is 18.0 Å². The molecule has 0 amide bonds. The van der Waals surface area contributed by atoms with Gasteiger partial charge < -0.3 is 10.3 Å². The number of rotatable bonds is 4. The zero-order valence-electron chi connectivity index (χ0n) is 9.24. The fourth-order valence-electron chi connectivity index (χ4n) is 1.92. The van der Waals surface area contributed by atoms with Crippen LogP contribution in [0.4, 0.5) is 0 Å². The molecule has 1 aromatic rings. The van der Waals surface area contributed by atoms with Crippen LogP contribution in [-0.4, -0.2) is 28.8 Å². The lowest BCUT2D eigenvalue weighted by Gasteiger charge is -2.22. The molecule has 5 heteroatoms. The second-order valence-corrected chi connectivity index (χ2v) is 5.17. The maximum absolute atomic E-state index is 11.0. The highest BCUT2D eigenvalue weighted by Crippen LogP contribution is 2.19. The van der Waals surface area contributed by atoms with Gasteiger partial charge >= 0.3 is 0 Å². The average Bonchev–Trinajstić information content (AvgIpc) is 2.30. The monoisotopic (exact) mass is 239 g/mol. The van der Waals surface area contributed by atoms with E-state index in [0.29, 0.717) is 0 Å². The van der Waals surface area contributed by atoms with Crippen LogP contribution in [0.15, 0.2) is 22.2 Å². The van der Waals surface area contributed by atoms with Crippen molar-refractivity contribution in [2.75, 3.05) is 18.8 Å². The molecular formula is C11H17N3OS. The fourth-order valence-corrected chi connectivity index (χ4v) is 2.87. The molecule has 4 nitrogen and oxygen atoms in total. The first-order valence-electron chi connectivity index (χ1n) is 5.73. The molecule has 1 atom stereocenters. The summed E-state index contributed by atoms with van der Waals surface area (Å²) in [6, 6.07) is 1.44. The molecule has 88 valence electrons. The van der Waals surface area contributed by atoms with Gasteiger partial charge in [-0.15, -0.1) is 0 Å². The molecule has 0 spiro atoms. The molecule has 1 fully saturated rings. The van der Waals surface area contributed by atoms with Gasteiger partial charge in [0.15, 0.2) is 5.16 Å². The Morgan fingerprint density at radius 3 is 3.25 bits per heavy atom. The van der Waals surface area contributed by atoms with Gasteiger partial charge in [0, 0.05) is 18.0 Å². The summed E-state index contributed by atoms with van der Waals surface area (Å²) in [5.74, 6) is 1.82. The summed E-state index contributed by atoms with van der Waals surface area (Å²) in [6.07, 6.45) is 5.36. The third kappa shape index (κ3) is 3.64. The molecule has 1 unspecified atom stereocenters. The summed E-state index contributed by atoms with van der Waals surface area (Å²) in [5, 5.41) is 4.14. The molecule has 0 radical (unpaired) electrons. The van der Waals surface area contributed by atoms with Crippen LogP contribution in [0.2, 0.25) is 0 Å². The molecule has 1 saturated heterocycles. The summed E-state index contributed by atoms with van der Waals surface area (Å²) in [7, 11) is 0. The van der Waals surface area contributed by atoms with Crippen LogP contribution in [0.3, 0.4) is 0 Å². The minimum absolute atomic E-state index is 0.0724. The number of hydrogen-bond acceptors (Lipinski definition) is 4. The number of H-pyrrole nitrogens is 1. The summed E-state index contributed by atoms with van der Waals surface area (Å²) in [5.41, 5.74) is -0.0724. The van der Waals surface area contributed by atoms with Gasteiger partial charge in [-0.2, -0.15) is 0 Å².